The average molecular weight is 494 g/mol. The lowest BCUT2D eigenvalue weighted by Crippen LogP contribution is -2.50. The number of aromatic nitrogens is 1. The first kappa shape index (κ1) is 24.1. The molecule has 0 bridgehead atoms. The fourth-order valence-corrected chi connectivity index (χ4v) is 4.70. The number of carbonyl (C=O) groups is 2. The SMILES string of the molecule is COc1cc(CN2C(=O)N3CC(C(C)C)N=C3c3ncc(C(=O)N4CCOCC4)cc32)cc(OC)c1. The summed E-state index contributed by atoms with van der Waals surface area (Å²) < 4.78 is 16.2. The number of rotatable bonds is 6. The van der Waals surface area contributed by atoms with Crippen LogP contribution in [0, 0.1) is 5.92 Å². The van der Waals surface area contributed by atoms with Crippen LogP contribution in [0.4, 0.5) is 10.5 Å². The number of hydrogen-bond acceptors (Lipinski definition) is 7. The zero-order valence-corrected chi connectivity index (χ0v) is 21.1. The molecule has 0 aliphatic carbocycles. The van der Waals surface area contributed by atoms with Crippen molar-refractivity contribution in [1.29, 1.82) is 0 Å². The summed E-state index contributed by atoms with van der Waals surface area (Å²) in [5, 5.41) is 0. The maximum Gasteiger partial charge on any atom is 0.330 e. The van der Waals surface area contributed by atoms with Gasteiger partial charge in [0.15, 0.2) is 5.84 Å². The average Bonchev–Trinajstić information content (AvgIpc) is 3.37. The Bertz CT molecular complexity index is 1180. The van der Waals surface area contributed by atoms with Gasteiger partial charge in [0.05, 0.1) is 57.8 Å². The molecule has 190 valence electrons. The first-order valence-electron chi connectivity index (χ1n) is 12.2. The fourth-order valence-electron chi connectivity index (χ4n) is 4.70. The second kappa shape index (κ2) is 9.77. The van der Waals surface area contributed by atoms with Crippen LogP contribution < -0.4 is 14.4 Å². The number of pyridine rings is 1. The Morgan fingerprint density at radius 2 is 1.81 bits per heavy atom. The van der Waals surface area contributed by atoms with E-state index < -0.39 is 0 Å². The number of aliphatic imine (C=N–C) groups is 1. The van der Waals surface area contributed by atoms with Gasteiger partial charge in [0.25, 0.3) is 5.91 Å². The number of methoxy groups -OCH3 is 2. The lowest BCUT2D eigenvalue weighted by molar-refractivity contribution is 0.0302. The van der Waals surface area contributed by atoms with E-state index in [0.29, 0.717) is 67.1 Å². The molecule has 1 unspecified atom stereocenters. The summed E-state index contributed by atoms with van der Waals surface area (Å²) >= 11 is 0. The largest absolute Gasteiger partial charge is 0.497 e. The minimum Gasteiger partial charge on any atom is -0.497 e. The van der Waals surface area contributed by atoms with Gasteiger partial charge in [-0.15, -0.1) is 0 Å². The van der Waals surface area contributed by atoms with E-state index in [1.807, 2.05) is 12.1 Å². The molecule has 2 aromatic rings. The molecule has 10 nitrogen and oxygen atoms in total. The molecule has 1 aromatic carbocycles. The Kier molecular flexibility index (Phi) is 6.53. The minimum atomic E-state index is -0.191. The molecule has 0 N–H and O–H groups in total. The van der Waals surface area contributed by atoms with Crippen LogP contribution in [0.25, 0.3) is 0 Å². The van der Waals surface area contributed by atoms with Gasteiger partial charge in [0.2, 0.25) is 0 Å². The lowest BCUT2D eigenvalue weighted by atomic mass is 10.1. The number of nitrogens with zero attached hydrogens (tertiary/aromatic N) is 5. The molecule has 36 heavy (non-hydrogen) atoms. The predicted octanol–water partition coefficient (Wildman–Crippen LogP) is 2.80. The van der Waals surface area contributed by atoms with Crippen LogP contribution >= 0.6 is 0 Å². The summed E-state index contributed by atoms with van der Waals surface area (Å²) in [5.74, 6) is 1.98. The highest BCUT2D eigenvalue weighted by atomic mass is 16.5. The Labute approximate surface area is 210 Å². The smallest absolute Gasteiger partial charge is 0.330 e. The molecule has 1 aromatic heterocycles. The van der Waals surface area contributed by atoms with E-state index in [1.54, 1.807) is 47.2 Å². The number of benzene rings is 1. The van der Waals surface area contributed by atoms with Crippen molar-refractivity contribution in [3.05, 3.63) is 47.3 Å². The summed E-state index contributed by atoms with van der Waals surface area (Å²) in [6.45, 7) is 7.01. The molecule has 0 radical (unpaired) electrons. The van der Waals surface area contributed by atoms with Crippen LogP contribution in [0.15, 0.2) is 35.5 Å². The Hall–Kier alpha value is -3.66. The van der Waals surface area contributed by atoms with Crippen molar-refractivity contribution >= 4 is 23.5 Å². The molecule has 5 rings (SSSR count). The normalized spacial score (nSPS) is 19.2. The third-order valence-electron chi connectivity index (χ3n) is 6.81. The van der Waals surface area contributed by atoms with E-state index in [2.05, 4.69) is 18.8 Å². The summed E-state index contributed by atoms with van der Waals surface area (Å²) in [7, 11) is 3.18. The van der Waals surface area contributed by atoms with E-state index in [4.69, 9.17) is 19.2 Å². The number of hydrogen-bond donors (Lipinski definition) is 0. The molecule has 0 spiro atoms. The first-order chi connectivity index (χ1) is 17.4. The lowest BCUT2D eigenvalue weighted by Gasteiger charge is -2.35. The highest BCUT2D eigenvalue weighted by Crippen LogP contribution is 2.35. The zero-order valence-electron chi connectivity index (χ0n) is 21.1. The van der Waals surface area contributed by atoms with E-state index in [0.717, 1.165) is 5.56 Å². The van der Waals surface area contributed by atoms with Crippen LogP contribution in [0.5, 0.6) is 11.5 Å². The number of carbonyl (C=O) groups excluding carboxylic acids is 2. The van der Waals surface area contributed by atoms with Crippen molar-refractivity contribution in [3.63, 3.8) is 0 Å². The second-order valence-corrected chi connectivity index (χ2v) is 9.46. The van der Waals surface area contributed by atoms with E-state index in [-0.39, 0.29) is 30.4 Å². The van der Waals surface area contributed by atoms with Gasteiger partial charge in [-0.2, -0.15) is 0 Å². The highest BCUT2D eigenvalue weighted by molar-refractivity contribution is 6.19. The van der Waals surface area contributed by atoms with Crippen molar-refractivity contribution in [3.8, 4) is 11.5 Å². The van der Waals surface area contributed by atoms with Gasteiger partial charge in [-0.05, 0) is 29.7 Å². The number of ether oxygens (including phenoxy) is 3. The number of anilines is 1. The van der Waals surface area contributed by atoms with Crippen molar-refractivity contribution in [1.82, 2.24) is 14.8 Å². The fraction of sp³-hybridized carbons (Fsp3) is 0.462. The molecular formula is C26H31N5O5. The molecule has 3 aliphatic heterocycles. The summed E-state index contributed by atoms with van der Waals surface area (Å²) in [5.41, 5.74) is 2.44. The molecule has 3 aliphatic rings. The van der Waals surface area contributed by atoms with Crippen molar-refractivity contribution < 1.29 is 23.8 Å². The van der Waals surface area contributed by atoms with Crippen molar-refractivity contribution in [2.75, 3.05) is 52.0 Å². The molecule has 10 heteroatoms. The van der Waals surface area contributed by atoms with Gasteiger partial charge in [0, 0.05) is 25.4 Å². The third kappa shape index (κ3) is 4.37. The molecule has 1 fully saturated rings. The topological polar surface area (TPSA) is 96.8 Å². The standard InChI is InChI=1S/C26H31N5O5/c1-16(2)21-15-31-24(28-21)23-22(11-18(13-27-23)25(32)29-5-7-36-8-6-29)30(26(31)33)14-17-9-19(34-3)12-20(10-17)35-4/h9-13,16,21H,5-8,14-15H2,1-4H3. The van der Waals surface area contributed by atoms with Gasteiger partial charge >= 0.3 is 6.03 Å². The highest BCUT2D eigenvalue weighted by Gasteiger charge is 2.42. The van der Waals surface area contributed by atoms with Gasteiger partial charge in [0.1, 0.15) is 17.2 Å². The minimum absolute atomic E-state index is 0.00915. The number of fused-ring (bicyclic) bond motifs is 3. The number of amidine groups is 1. The maximum atomic E-state index is 13.8. The number of urea groups is 1. The zero-order chi connectivity index (χ0) is 25.4. The molecule has 1 saturated heterocycles. The maximum absolute atomic E-state index is 13.8. The predicted molar refractivity (Wildman–Crippen MR) is 134 cm³/mol. The van der Waals surface area contributed by atoms with Crippen LogP contribution in [-0.2, 0) is 11.3 Å². The van der Waals surface area contributed by atoms with E-state index in [9.17, 15) is 9.59 Å². The Morgan fingerprint density at radius 3 is 2.44 bits per heavy atom. The number of amides is 3. The van der Waals surface area contributed by atoms with Crippen molar-refractivity contribution in [2.45, 2.75) is 26.4 Å². The Morgan fingerprint density at radius 1 is 1.11 bits per heavy atom. The molecule has 0 saturated carbocycles. The van der Waals surface area contributed by atoms with Crippen LogP contribution in [0.3, 0.4) is 0 Å². The van der Waals surface area contributed by atoms with Gasteiger partial charge in [-0.25, -0.2) is 9.78 Å². The van der Waals surface area contributed by atoms with E-state index >= 15 is 0 Å². The Balaban J connectivity index is 1.56. The van der Waals surface area contributed by atoms with E-state index in [1.165, 1.54) is 0 Å². The van der Waals surface area contributed by atoms with Crippen molar-refractivity contribution in [2.24, 2.45) is 10.9 Å². The first-order valence-corrected chi connectivity index (χ1v) is 12.2. The van der Waals surface area contributed by atoms with Gasteiger partial charge < -0.3 is 19.1 Å². The molecule has 1 atom stereocenters. The molecule has 3 amide bonds. The van der Waals surface area contributed by atoms with Gasteiger partial charge in [-0.3, -0.25) is 19.6 Å². The monoisotopic (exact) mass is 493 g/mol. The van der Waals surface area contributed by atoms with Crippen LogP contribution in [0.2, 0.25) is 0 Å². The third-order valence-corrected chi connectivity index (χ3v) is 6.81. The van der Waals surface area contributed by atoms with Crippen LogP contribution in [-0.4, -0.2) is 85.7 Å². The van der Waals surface area contributed by atoms with Gasteiger partial charge in [-0.1, -0.05) is 13.8 Å². The summed E-state index contributed by atoms with van der Waals surface area (Å²) in [4.78, 5) is 41.6. The summed E-state index contributed by atoms with van der Waals surface area (Å²) in [6.07, 6.45) is 1.59. The number of morpholine rings is 1. The quantitative estimate of drug-likeness (QED) is 0.614. The van der Waals surface area contributed by atoms with Crippen LogP contribution in [0.1, 0.15) is 35.5 Å². The molecule has 4 heterocycles. The molecular weight excluding hydrogens is 462 g/mol. The second-order valence-electron chi connectivity index (χ2n) is 9.46. The summed E-state index contributed by atoms with van der Waals surface area (Å²) in [6, 6.07) is 7.09.